The van der Waals surface area contributed by atoms with Crippen molar-refractivity contribution in [3.8, 4) is 0 Å². The van der Waals surface area contributed by atoms with Gasteiger partial charge in [0.2, 0.25) is 11.2 Å². The van der Waals surface area contributed by atoms with Crippen molar-refractivity contribution in [1.29, 1.82) is 0 Å². The van der Waals surface area contributed by atoms with Gasteiger partial charge < -0.3 is 14.0 Å². The highest BCUT2D eigenvalue weighted by Crippen LogP contribution is 2.39. The van der Waals surface area contributed by atoms with Gasteiger partial charge in [-0.25, -0.2) is 0 Å². The number of benzene rings is 1. The maximum atomic E-state index is 12.9. The van der Waals surface area contributed by atoms with Crippen LogP contribution in [-0.2, 0) is 31.0 Å². The average molecular weight is 353 g/mol. The van der Waals surface area contributed by atoms with E-state index >= 15 is 0 Å². The van der Waals surface area contributed by atoms with Crippen molar-refractivity contribution >= 4 is 23.8 Å². The van der Waals surface area contributed by atoms with Crippen molar-refractivity contribution in [3.63, 3.8) is 0 Å². The van der Waals surface area contributed by atoms with Crippen LogP contribution in [0.15, 0.2) is 43.0 Å². The molecule has 0 atom stereocenters. The summed E-state index contributed by atoms with van der Waals surface area (Å²) in [5, 5.41) is 0. The molecule has 0 fully saturated rings. The van der Waals surface area contributed by atoms with Crippen LogP contribution in [0.1, 0.15) is 33.7 Å². The van der Waals surface area contributed by atoms with Gasteiger partial charge in [-0.15, -0.1) is 0 Å². The molecular formula is C20H19NO5. The molecular weight excluding hydrogens is 334 g/mol. The van der Waals surface area contributed by atoms with Crippen LogP contribution in [-0.4, -0.2) is 36.5 Å². The van der Waals surface area contributed by atoms with E-state index in [1.165, 1.54) is 14.2 Å². The number of nitrogens with zero attached hydrogens (tertiary/aromatic N) is 1. The molecule has 6 nitrogen and oxygen atoms in total. The lowest BCUT2D eigenvalue weighted by Crippen LogP contribution is -2.43. The molecule has 0 saturated carbocycles. The minimum Gasteiger partial charge on any atom is -0.468 e. The first kappa shape index (κ1) is 17.7. The molecule has 3 rings (SSSR count). The summed E-state index contributed by atoms with van der Waals surface area (Å²) in [5.74, 6) is -1.55. The van der Waals surface area contributed by atoms with E-state index in [4.69, 9.17) is 9.47 Å². The Hall–Kier alpha value is -3.15. The van der Waals surface area contributed by atoms with Crippen molar-refractivity contribution in [2.45, 2.75) is 18.4 Å². The van der Waals surface area contributed by atoms with Crippen molar-refractivity contribution in [2.24, 2.45) is 0 Å². The first-order valence-corrected chi connectivity index (χ1v) is 8.13. The van der Waals surface area contributed by atoms with Crippen molar-refractivity contribution in [3.05, 3.63) is 65.5 Å². The molecule has 0 unspecified atom stereocenters. The number of methoxy groups -OCH3 is 2. The number of carbonyl (C=O) groups excluding carboxylic acids is 3. The number of carbonyl (C=O) groups is 3. The van der Waals surface area contributed by atoms with Crippen LogP contribution < -0.4 is 0 Å². The van der Waals surface area contributed by atoms with Gasteiger partial charge in [-0.2, -0.15) is 0 Å². The summed E-state index contributed by atoms with van der Waals surface area (Å²) in [6.45, 7) is 4.04. The zero-order valence-corrected chi connectivity index (χ0v) is 14.7. The third-order valence-electron chi connectivity index (χ3n) is 4.84. The standard InChI is InChI=1S/C20H19NO5/c1-4-13-5-7-14(8-6-13)17(22)15-9-10-16-20(18(23)25-2,19(24)26-3)11-12-21(15)16/h4-10H,1,11-12H2,2-3H3. The predicted molar refractivity (Wildman–Crippen MR) is 94.7 cm³/mol. The number of hydrogen-bond acceptors (Lipinski definition) is 5. The Morgan fingerprint density at radius 2 is 1.65 bits per heavy atom. The maximum absolute atomic E-state index is 12.9. The Kier molecular flexibility index (Phi) is 4.50. The zero-order valence-electron chi connectivity index (χ0n) is 14.7. The molecule has 0 bridgehead atoms. The lowest BCUT2D eigenvalue weighted by atomic mass is 9.83. The van der Waals surface area contributed by atoms with Crippen LogP contribution >= 0.6 is 0 Å². The van der Waals surface area contributed by atoms with Crippen molar-refractivity contribution < 1.29 is 23.9 Å². The summed E-state index contributed by atoms with van der Waals surface area (Å²) in [6.07, 6.45) is 1.89. The fourth-order valence-corrected chi connectivity index (χ4v) is 3.45. The smallest absolute Gasteiger partial charge is 0.329 e. The van der Waals surface area contributed by atoms with E-state index in [1.54, 1.807) is 47.0 Å². The predicted octanol–water partition coefficient (Wildman–Crippen LogP) is 2.35. The van der Waals surface area contributed by atoms with Gasteiger partial charge in [0.1, 0.15) is 0 Å². The Balaban J connectivity index is 2.04. The van der Waals surface area contributed by atoms with Crippen LogP contribution in [0.3, 0.4) is 0 Å². The summed E-state index contributed by atoms with van der Waals surface area (Å²) in [7, 11) is 2.46. The van der Waals surface area contributed by atoms with Gasteiger partial charge in [-0.3, -0.25) is 14.4 Å². The van der Waals surface area contributed by atoms with Gasteiger partial charge in [0.05, 0.1) is 19.9 Å². The van der Waals surface area contributed by atoms with Crippen LogP contribution in [0.4, 0.5) is 0 Å². The fourth-order valence-electron chi connectivity index (χ4n) is 3.45. The highest BCUT2D eigenvalue weighted by atomic mass is 16.5. The first-order chi connectivity index (χ1) is 12.5. The molecule has 0 amide bonds. The van der Waals surface area contributed by atoms with Gasteiger partial charge in [-0.05, 0) is 24.1 Å². The highest BCUT2D eigenvalue weighted by Gasteiger charge is 2.55. The summed E-state index contributed by atoms with van der Waals surface area (Å²) in [6, 6.07) is 10.3. The molecule has 1 aliphatic rings. The monoisotopic (exact) mass is 353 g/mol. The fraction of sp³-hybridized carbons (Fsp3) is 0.250. The Morgan fingerprint density at radius 3 is 2.19 bits per heavy atom. The second-order valence-electron chi connectivity index (χ2n) is 6.05. The third kappa shape index (κ3) is 2.45. The largest absolute Gasteiger partial charge is 0.468 e. The van der Waals surface area contributed by atoms with Crippen molar-refractivity contribution in [1.82, 2.24) is 4.57 Å². The number of hydrogen-bond donors (Lipinski definition) is 0. The molecule has 1 aromatic carbocycles. The highest BCUT2D eigenvalue weighted by molar-refractivity contribution is 6.10. The van der Waals surface area contributed by atoms with E-state index in [0.29, 0.717) is 23.5 Å². The second-order valence-corrected chi connectivity index (χ2v) is 6.05. The first-order valence-electron chi connectivity index (χ1n) is 8.13. The second kappa shape index (κ2) is 6.63. The maximum Gasteiger partial charge on any atom is 0.329 e. The van der Waals surface area contributed by atoms with Gasteiger partial charge >= 0.3 is 11.9 Å². The number of aromatic nitrogens is 1. The van der Waals surface area contributed by atoms with E-state index < -0.39 is 17.4 Å². The number of esters is 2. The lowest BCUT2D eigenvalue weighted by Gasteiger charge is -2.22. The third-order valence-corrected chi connectivity index (χ3v) is 4.84. The molecule has 6 heteroatoms. The van der Waals surface area contributed by atoms with E-state index in [1.807, 2.05) is 0 Å². The molecule has 2 aromatic rings. The topological polar surface area (TPSA) is 74.6 Å². The number of ketones is 1. The van der Waals surface area contributed by atoms with E-state index in [0.717, 1.165) is 5.56 Å². The lowest BCUT2D eigenvalue weighted by molar-refractivity contribution is -0.161. The average Bonchev–Trinajstić information content (AvgIpc) is 3.27. The Labute approximate surface area is 151 Å². The minimum absolute atomic E-state index is 0.183. The molecule has 2 heterocycles. The molecule has 26 heavy (non-hydrogen) atoms. The molecule has 0 radical (unpaired) electrons. The molecule has 134 valence electrons. The summed E-state index contributed by atoms with van der Waals surface area (Å²) < 4.78 is 11.4. The molecule has 1 aromatic heterocycles. The quantitative estimate of drug-likeness (QED) is 0.469. The van der Waals surface area contributed by atoms with E-state index in [-0.39, 0.29) is 12.2 Å². The minimum atomic E-state index is -1.53. The molecule has 0 saturated heterocycles. The molecule has 0 aliphatic carbocycles. The van der Waals surface area contributed by atoms with Crippen LogP contribution in [0.5, 0.6) is 0 Å². The molecule has 1 aliphatic heterocycles. The Morgan fingerprint density at radius 1 is 1.04 bits per heavy atom. The van der Waals surface area contributed by atoms with Crippen LogP contribution in [0.2, 0.25) is 0 Å². The molecule has 0 spiro atoms. The Bertz CT molecular complexity index is 875. The summed E-state index contributed by atoms with van der Waals surface area (Å²) >= 11 is 0. The van der Waals surface area contributed by atoms with Gasteiger partial charge in [0.25, 0.3) is 0 Å². The van der Waals surface area contributed by atoms with Gasteiger partial charge in [0, 0.05) is 17.8 Å². The number of rotatable bonds is 5. The summed E-state index contributed by atoms with van der Waals surface area (Å²) in [5.41, 5.74) is 0.736. The molecule has 0 N–H and O–H groups in total. The van der Waals surface area contributed by atoms with Crippen LogP contribution in [0, 0.1) is 0 Å². The van der Waals surface area contributed by atoms with E-state index in [2.05, 4.69) is 6.58 Å². The van der Waals surface area contributed by atoms with Crippen molar-refractivity contribution in [2.75, 3.05) is 14.2 Å². The van der Waals surface area contributed by atoms with Gasteiger partial charge in [-0.1, -0.05) is 36.9 Å². The zero-order chi connectivity index (χ0) is 18.9. The normalized spacial score (nSPS) is 14.4. The van der Waals surface area contributed by atoms with Crippen LogP contribution in [0.25, 0.3) is 6.08 Å². The van der Waals surface area contributed by atoms with Gasteiger partial charge in [0.15, 0.2) is 0 Å². The number of ether oxygens (including phenoxy) is 2. The number of fused-ring (bicyclic) bond motifs is 1. The SMILES string of the molecule is C=Cc1ccc(C(=O)c2ccc3n2CCC3(C(=O)OC)C(=O)OC)cc1. The summed E-state index contributed by atoms with van der Waals surface area (Å²) in [4.78, 5) is 37.7. The van der Waals surface area contributed by atoms with E-state index in [9.17, 15) is 14.4 Å².